The summed E-state index contributed by atoms with van der Waals surface area (Å²) in [6.07, 6.45) is -1.11. The number of nitrogens with two attached hydrogens (primary N) is 1. The fourth-order valence-electron chi connectivity index (χ4n) is 0. The standard InChI is InChI=1S/C2H7NOS3/c3-1(4)2(5,6)7/h1,4-7H,3H2. The Morgan fingerprint density at radius 3 is 1.57 bits per heavy atom. The molecule has 7 heavy (non-hydrogen) atoms. The molecule has 0 spiro atoms. The van der Waals surface area contributed by atoms with Gasteiger partial charge in [-0.15, -0.1) is 37.9 Å². The molecule has 2 nitrogen and oxygen atoms in total. The van der Waals surface area contributed by atoms with Gasteiger partial charge in [0.1, 0.15) is 9.64 Å². The van der Waals surface area contributed by atoms with Gasteiger partial charge in [-0.2, -0.15) is 0 Å². The van der Waals surface area contributed by atoms with Gasteiger partial charge in [-0.3, -0.25) is 0 Å². The maximum absolute atomic E-state index is 8.44. The van der Waals surface area contributed by atoms with Gasteiger partial charge in [0.15, 0.2) is 0 Å². The number of thiol groups is 3. The van der Waals surface area contributed by atoms with Crippen molar-refractivity contribution in [1.82, 2.24) is 0 Å². The first-order valence-electron chi connectivity index (χ1n) is 1.55. The molecular formula is C2H7NOS3. The summed E-state index contributed by atoms with van der Waals surface area (Å²) in [4.78, 5) is 0. The van der Waals surface area contributed by atoms with Crippen LogP contribution in [-0.4, -0.2) is 14.7 Å². The van der Waals surface area contributed by atoms with Gasteiger partial charge in [0.2, 0.25) is 0 Å². The molecule has 0 fully saturated rings. The molecule has 0 aliphatic rings. The van der Waals surface area contributed by atoms with E-state index in [1.807, 2.05) is 0 Å². The zero-order chi connectivity index (χ0) is 6.08. The van der Waals surface area contributed by atoms with E-state index < -0.39 is 9.64 Å². The second kappa shape index (κ2) is 2.50. The van der Waals surface area contributed by atoms with Gasteiger partial charge < -0.3 is 10.8 Å². The number of rotatable bonds is 1. The van der Waals surface area contributed by atoms with Crippen LogP contribution in [0.1, 0.15) is 0 Å². The molecule has 0 aromatic heterocycles. The average molecular weight is 157 g/mol. The monoisotopic (exact) mass is 157 g/mol. The van der Waals surface area contributed by atoms with Crippen LogP contribution in [0.5, 0.6) is 0 Å². The maximum Gasteiger partial charge on any atom is 0.138 e. The molecule has 1 unspecified atom stereocenters. The fourth-order valence-corrected chi connectivity index (χ4v) is 0. The molecule has 0 radical (unpaired) electrons. The van der Waals surface area contributed by atoms with E-state index in [0.29, 0.717) is 0 Å². The Bertz CT molecular complexity index is 58.4. The first-order chi connectivity index (χ1) is 2.94. The SMILES string of the molecule is NC(O)C(S)(S)S. The van der Waals surface area contributed by atoms with Gasteiger partial charge in [-0.25, -0.2) is 0 Å². The summed E-state index contributed by atoms with van der Waals surface area (Å²) in [6, 6.07) is 0. The predicted octanol–water partition coefficient (Wildman–Crippen LogP) is -0.293. The summed E-state index contributed by atoms with van der Waals surface area (Å²) in [6.45, 7) is 0. The largest absolute Gasteiger partial charge is 0.376 e. The minimum atomic E-state index is -1.11. The first kappa shape index (κ1) is 7.97. The number of aliphatic hydroxyl groups is 1. The highest BCUT2D eigenvalue weighted by Crippen LogP contribution is 2.25. The Kier molecular flexibility index (Phi) is 2.85. The molecule has 0 heterocycles. The highest BCUT2D eigenvalue weighted by Gasteiger charge is 2.20. The Morgan fingerprint density at radius 2 is 1.57 bits per heavy atom. The lowest BCUT2D eigenvalue weighted by molar-refractivity contribution is 0.194. The molecule has 0 saturated carbocycles. The topological polar surface area (TPSA) is 46.2 Å². The van der Waals surface area contributed by atoms with E-state index in [9.17, 15) is 0 Å². The van der Waals surface area contributed by atoms with Crippen molar-refractivity contribution in [3.05, 3.63) is 0 Å². The summed E-state index contributed by atoms with van der Waals surface area (Å²) >= 11 is 11.1. The zero-order valence-corrected chi connectivity index (χ0v) is 6.13. The van der Waals surface area contributed by atoms with Crippen molar-refractivity contribution >= 4 is 37.9 Å². The van der Waals surface area contributed by atoms with Crippen molar-refractivity contribution in [2.75, 3.05) is 0 Å². The first-order valence-corrected chi connectivity index (χ1v) is 2.89. The van der Waals surface area contributed by atoms with Crippen molar-refractivity contribution in [1.29, 1.82) is 0 Å². The van der Waals surface area contributed by atoms with Crippen LogP contribution in [0.25, 0.3) is 0 Å². The van der Waals surface area contributed by atoms with Gasteiger partial charge in [0.05, 0.1) is 0 Å². The van der Waals surface area contributed by atoms with Crippen LogP contribution in [0.4, 0.5) is 0 Å². The summed E-state index contributed by atoms with van der Waals surface area (Å²) in [7, 11) is 0. The Labute approximate surface area is 58.7 Å². The molecule has 0 aliphatic heterocycles. The predicted molar refractivity (Wildman–Crippen MR) is 39.9 cm³/mol. The molecule has 0 amide bonds. The molecule has 1 atom stereocenters. The quantitative estimate of drug-likeness (QED) is 0.268. The molecule has 5 heteroatoms. The summed E-state index contributed by atoms with van der Waals surface area (Å²) in [5, 5.41) is 8.44. The third-order valence-electron chi connectivity index (χ3n) is 0.397. The number of hydrogen-bond acceptors (Lipinski definition) is 5. The third-order valence-corrected chi connectivity index (χ3v) is 1.19. The van der Waals surface area contributed by atoms with E-state index >= 15 is 0 Å². The lowest BCUT2D eigenvalue weighted by Gasteiger charge is -2.17. The van der Waals surface area contributed by atoms with E-state index in [-0.39, 0.29) is 0 Å². The maximum atomic E-state index is 8.44. The van der Waals surface area contributed by atoms with E-state index in [1.54, 1.807) is 0 Å². The highest BCUT2D eigenvalue weighted by atomic mass is 32.2. The van der Waals surface area contributed by atoms with Crippen LogP contribution in [0, 0.1) is 0 Å². The summed E-state index contributed by atoms with van der Waals surface area (Å²) in [5.74, 6) is 0. The van der Waals surface area contributed by atoms with Gasteiger partial charge in [0, 0.05) is 0 Å². The second-order valence-electron chi connectivity index (χ2n) is 1.13. The van der Waals surface area contributed by atoms with Gasteiger partial charge >= 0.3 is 0 Å². The molecule has 44 valence electrons. The van der Waals surface area contributed by atoms with Crippen LogP contribution in [0.3, 0.4) is 0 Å². The molecule has 0 rings (SSSR count). The van der Waals surface area contributed by atoms with Crippen molar-refractivity contribution in [2.24, 2.45) is 5.73 Å². The zero-order valence-electron chi connectivity index (χ0n) is 3.44. The molecule has 0 saturated heterocycles. The fraction of sp³-hybridized carbons (Fsp3) is 1.00. The molecule has 0 aromatic carbocycles. The second-order valence-corrected chi connectivity index (χ2v) is 4.31. The number of hydrogen-bond donors (Lipinski definition) is 5. The van der Waals surface area contributed by atoms with Crippen LogP contribution in [0.2, 0.25) is 0 Å². The lowest BCUT2D eigenvalue weighted by Crippen LogP contribution is -2.34. The minimum absolute atomic E-state index is 1.08. The normalized spacial score (nSPS) is 16.7. The van der Waals surface area contributed by atoms with Gasteiger partial charge in [-0.05, 0) is 0 Å². The third kappa shape index (κ3) is 3.54. The average Bonchev–Trinajstić information content (AvgIpc) is 1.31. The van der Waals surface area contributed by atoms with Gasteiger partial charge in [-0.1, -0.05) is 0 Å². The number of aliphatic hydroxyl groups excluding tert-OH is 1. The smallest absolute Gasteiger partial charge is 0.138 e. The van der Waals surface area contributed by atoms with Crippen molar-refractivity contribution < 1.29 is 5.11 Å². The molecular weight excluding hydrogens is 150 g/mol. The molecule has 0 aromatic rings. The van der Waals surface area contributed by atoms with Gasteiger partial charge in [0.25, 0.3) is 0 Å². The Balaban J connectivity index is 3.54. The van der Waals surface area contributed by atoms with Crippen molar-refractivity contribution in [3.8, 4) is 0 Å². The van der Waals surface area contributed by atoms with E-state index in [4.69, 9.17) is 10.8 Å². The molecule has 3 N–H and O–H groups in total. The highest BCUT2D eigenvalue weighted by molar-refractivity contribution is 8.17. The molecule has 0 aliphatic carbocycles. The van der Waals surface area contributed by atoms with E-state index in [0.717, 1.165) is 0 Å². The Morgan fingerprint density at radius 1 is 1.43 bits per heavy atom. The van der Waals surface area contributed by atoms with Crippen LogP contribution in [0.15, 0.2) is 0 Å². The van der Waals surface area contributed by atoms with Crippen LogP contribution < -0.4 is 5.73 Å². The Hall–Kier alpha value is 0.970. The lowest BCUT2D eigenvalue weighted by atomic mass is 10.7. The summed E-state index contributed by atoms with van der Waals surface area (Å²) in [5.41, 5.74) is 4.90. The van der Waals surface area contributed by atoms with E-state index in [2.05, 4.69) is 37.9 Å². The minimum Gasteiger partial charge on any atom is -0.376 e. The van der Waals surface area contributed by atoms with Crippen LogP contribution in [-0.2, 0) is 0 Å². The van der Waals surface area contributed by atoms with Crippen molar-refractivity contribution in [2.45, 2.75) is 9.64 Å². The van der Waals surface area contributed by atoms with E-state index in [1.165, 1.54) is 0 Å². The van der Waals surface area contributed by atoms with Crippen LogP contribution >= 0.6 is 37.9 Å². The molecule has 0 bridgehead atoms. The van der Waals surface area contributed by atoms with Crippen molar-refractivity contribution in [3.63, 3.8) is 0 Å². The summed E-state index contributed by atoms with van der Waals surface area (Å²) < 4.78 is -1.08.